The van der Waals surface area contributed by atoms with Crippen LogP contribution in [0.2, 0.25) is 0 Å². The van der Waals surface area contributed by atoms with Gasteiger partial charge >= 0.3 is 0 Å². The molecule has 2 aromatic rings. The lowest BCUT2D eigenvalue weighted by Gasteiger charge is -2.14. The summed E-state index contributed by atoms with van der Waals surface area (Å²) in [5, 5.41) is 3.49. The second-order valence-electron chi connectivity index (χ2n) is 5.55. The summed E-state index contributed by atoms with van der Waals surface area (Å²) < 4.78 is 18.9. The lowest BCUT2D eigenvalue weighted by atomic mass is 10.1. The first-order chi connectivity index (χ1) is 10.2. The SMILES string of the molecule is Cc1cccc(OCCNC2CCc3cc(F)ccc32)c1. The van der Waals surface area contributed by atoms with Gasteiger partial charge < -0.3 is 10.1 Å². The van der Waals surface area contributed by atoms with Crippen molar-refractivity contribution in [2.24, 2.45) is 0 Å². The van der Waals surface area contributed by atoms with Crippen LogP contribution in [0.4, 0.5) is 4.39 Å². The Kier molecular flexibility index (Phi) is 4.20. The molecule has 1 aliphatic rings. The number of hydrogen-bond acceptors (Lipinski definition) is 2. The van der Waals surface area contributed by atoms with Crippen LogP contribution in [0.25, 0.3) is 0 Å². The molecule has 0 radical (unpaired) electrons. The van der Waals surface area contributed by atoms with E-state index in [9.17, 15) is 4.39 Å². The first-order valence-corrected chi connectivity index (χ1v) is 7.43. The second-order valence-corrected chi connectivity index (χ2v) is 5.55. The van der Waals surface area contributed by atoms with E-state index < -0.39 is 0 Å². The Morgan fingerprint density at radius 3 is 3.00 bits per heavy atom. The van der Waals surface area contributed by atoms with E-state index in [0.717, 1.165) is 30.7 Å². The Morgan fingerprint density at radius 1 is 1.24 bits per heavy atom. The molecule has 0 saturated carbocycles. The van der Waals surface area contributed by atoms with E-state index in [1.807, 2.05) is 24.3 Å². The Hall–Kier alpha value is -1.87. The molecule has 1 unspecified atom stereocenters. The summed E-state index contributed by atoms with van der Waals surface area (Å²) in [7, 11) is 0. The Labute approximate surface area is 125 Å². The highest BCUT2D eigenvalue weighted by atomic mass is 19.1. The number of fused-ring (bicyclic) bond motifs is 1. The number of halogens is 1. The fraction of sp³-hybridized carbons (Fsp3) is 0.333. The highest BCUT2D eigenvalue weighted by Gasteiger charge is 2.21. The Balaban J connectivity index is 1.49. The van der Waals surface area contributed by atoms with Crippen LogP contribution in [-0.2, 0) is 6.42 Å². The lowest BCUT2D eigenvalue weighted by molar-refractivity contribution is 0.305. The Bertz CT molecular complexity index is 626. The predicted molar refractivity (Wildman–Crippen MR) is 82.1 cm³/mol. The maximum Gasteiger partial charge on any atom is 0.123 e. The summed E-state index contributed by atoms with van der Waals surface area (Å²) >= 11 is 0. The van der Waals surface area contributed by atoms with Gasteiger partial charge in [0.05, 0.1) is 0 Å². The van der Waals surface area contributed by atoms with Gasteiger partial charge in [0.15, 0.2) is 0 Å². The van der Waals surface area contributed by atoms with Gasteiger partial charge in [-0.3, -0.25) is 0 Å². The van der Waals surface area contributed by atoms with Crippen LogP contribution < -0.4 is 10.1 Å². The van der Waals surface area contributed by atoms with Crippen molar-refractivity contribution in [2.45, 2.75) is 25.8 Å². The van der Waals surface area contributed by atoms with E-state index in [2.05, 4.69) is 18.3 Å². The van der Waals surface area contributed by atoms with Crippen molar-refractivity contribution in [3.63, 3.8) is 0 Å². The third-order valence-corrected chi connectivity index (χ3v) is 3.93. The molecule has 3 rings (SSSR count). The smallest absolute Gasteiger partial charge is 0.123 e. The molecule has 0 fully saturated rings. The van der Waals surface area contributed by atoms with Gasteiger partial charge in [-0.05, 0) is 60.7 Å². The van der Waals surface area contributed by atoms with Crippen LogP contribution in [0.3, 0.4) is 0 Å². The van der Waals surface area contributed by atoms with Gasteiger partial charge in [0.1, 0.15) is 18.2 Å². The number of hydrogen-bond donors (Lipinski definition) is 1. The van der Waals surface area contributed by atoms with Gasteiger partial charge in [-0.1, -0.05) is 18.2 Å². The summed E-state index contributed by atoms with van der Waals surface area (Å²) in [6.07, 6.45) is 1.98. The topological polar surface area (TPSA) is 21.3 Å². The molecule has 1 N–H and O–H groups in total. The molecule has 1 aliphatic carbocycles. The van der Waals surface area contributed by atoms with E-state index in [-0.39, 0.29) is 5.82 Å². The van der Waals surface area contributed by atoms with Crippen molar-refractivity contribution in [3.8, 4) is 5.75 Å². The highest BCUT2D eigenvalue weighted by Crippen LogP contribution is 2.31. The number of aryl methyl sites for hydroxylation is 2. The second kappa shape index (κ2) is 6.27. The quantitative estimate of drug-likeness (QED) is 0.844. The number of benzene rings is 2. The average molecular weight is 285 g/mol. The van der Waals surface area contributed by atoms with Gasteiger partial charge in [0.2, 0.25) is 0 Å². The van der Waals surface area contributed by atoms with Crippen LogP contribution in [-0.4, -0.2) is 13.2 Å². The summed E-state index contributed by atoms with van der Waals surface area (Å²) in [6.45, 7) is 3.48. The summed E-state index contributed by atoms with van der Waals surface area (Å²) in [5.41, 5.74) is 3.56. The molecule has 1 atom stereocenters. The van der Waals surface area contributed by atoms with E-state index in [1.165, 1.54) is 11.1 Å². The molecule has 21 heavy (non-hydrogen) atoms. The van der Waals surface area contributed by atoms with E-state index in [0.29, 0.717) is 12.6 Å². The molecular formula is C18H20FNO. The highest BCUT2D eigenvalue weighted by molar-refractivity contribution is 5.35. The van der Waals surface area contributed by atoms with Crippen LogP contribution in [0.1, 0.15) is 29.2 Å². The van der Waals surface area contributed by atoms with E-state index in [1.54, 1.807) is 12.1 Å². The average Bonchev–Trinajstić information content (AvgIpc) is 2.86. The molecule has 0 spiro atoms. The maximum absolute atomic E-state index is 13.2. The Morgan fingerprint density at radius 2 is 2.14 bits per heavy atom. The van der Waals surface area contributed by atoms with Gasteiger partial charge in [-0.25, -0.2) is 4.39 Å². The van der Waals surface area contributed by atoms with E-state index in [4.69, 9.17) is 4.74 Å². The van der Waals surface area contributed by atoms with Gasteiger partial charge in [0.25, 0.3) is 0 Å². The van der Waals surface area contributed by atoms with Crippen LogP contribution in [0.5, 0.6) is 5.75 Å². The number of rotatable bonds is 5. The van der Waals surface area contributed by atoms with Gasteiger partial charge in [0, 0.05) is 12.6 Å². The maximum atomic E-state index is 13.2. The molecule has 3 heteroatoms. The molecule has 0 amide bonds. The normalized spacial score (nSPS) is 16.8. The third-order valence-electron chi connectivity index (χ3n) is 3.93. The number of nitrogens with one attached hydrogen (secondary N) is 1. The van der Waals surface area contributed by atoms with E-state index >= 15 is 0 Å². The minimum absolute atomic E-state index is 0.141. The zero-order valence-corrected chi connectivity index (χ0v) is 12.2. The van der Waals surface area contributed by atoms with Crippen LogP contribution >= 0.6 is 0 Å². The largest absolute Gasteiger partial charge is 0.492 e. The minimum Gasteiger partial charge on any atom is -0.492 e. The predicted octanol–water partition coefficient (Wildman–Crippen LogP) is 3.79. The van der Waals surface area contributed by atoms with Gasteiger partial charge in [-0.15, -0.1) is 0 Å². The van der Waals surface area contributed by atoms with Crippen LogP contribution in [0.15, 0.2) is 42.5 Å². The molecule has 0 heterocycles. The fourth-order valence-corrected chi connectivity index (χ4v) is 2.91. The van der Waals surface area contributed by atoms with Crippen molar-refractivity contribution < 1.29 is 9.13 Å². The zero-order chi connectivity index (χ0) is 14.7. The first kappa shape index (κ1) is 14.1. The molecule has 0 bridgehead atoms. The third kappa shape index (κ3) is 3.42. The van der Waals surface area contributed by atoms with Crippen LogP contribution in [0, 0.1) is 12.7 Å². The molecule has 0 saturated heterocycles. The lowest BCUT2D eigenvalue weighted by Crippen LogP contribution is -2.24. The monoisotopic (exact) mass is 285 g/mol. The van der Waals surface area contributed by atoms with Crippen molar-refractivity contribution in [3.05, 3.63) is 65.0 Å². The molecule has 2 nitrogen and oxygen atoms in total. The van der Waals surface area contributed by atoms with Crippen molar-refractivity contribution in [2.75, 3.05) is 13.2 Å². The molecule has 0 aromatic heterocycles. The minimum atomic E-state index is -0.141. The number of ether oxygens (including phenoxy) is 1. The molecule has 0 aliphatic heterocycles. The van der Waals surface area contributed by atoms with Crippen molar-refractivity contribution in [1.29, 1.82) is 0 Å². The van der Waals surface area contributed by atoms with Crippen molar-refractivity contribution in [1.82, 2.24) is 5.32 Å². The molecule has 2 aromatic carbocycles. The summed E-state index contributed by atoms with van der Waals surface area (Å²) in [4.78, 5) is 0. The fourth-order valence-electron chi connectivity index (χ4n) is 2.91. The standard InChI is InChI=1S/C18H20FNO/c1-13-3-2-4-16(11-13)21-10-9-20-18-8-5-14-12-15(19)6-7-17(14)18/h2-4,6-7,11-12,18,20H,5,8-10H2,1H3. The molecular weight excluding hydrogens is 265 g/mol. The zero-order valence-electron chi connectivity index (χ0n) is 12.2. The molecule has 110 valence electrons. The first-order valence-electron chi connectivity index (χ1n) is 7.43. The summed E-state index contributed by atoms with van der Waals surface area (Å²) in [5.74, 6) is 0.767. The van der Waals surface area contributed by atoms with Crippen molar-refractivity contribution >= 4 is 0 Å². The summed E-state index contributed by atoms with van der Waals surface area (Å²) in [6, 6.07) is 13.5. The van der Waals surface area contributed by atoms with Gasteiger partial charge in [-0.2, -0.15) is 0 Å².